The van der Waals surface area contributed by atoms with E-state index >= 15 is 0 Å². The highest BCUT2D eigenvalue weighted by Crippen LogP contribution is 2.44. The molecule has 3 rings (SSSR count). The highest BCUT2D eigenvalue weighted by Gasteiger charge is 2.15. The predicted molar refractivity (Wildman–Crippen MR) is 129 cm³/mol. The highest BCUT2D eigenvalue weighted by molar-refractivity contribution is 7.20. The molecule has 0 aromatic carbocycles. The third-order valence-corrected chi connectivity index (χ3v) is 8.30. The van der Waals surface area contributed by atoms with Crippen molar-refractivity contribution in [3.8, 4) is 25.9 Å². The molecule has 5 heteroatoms. The molecular weight excluding hydrogens is 416 g/mol. The Balaban J connectivity index is 1.58. The lowest BCUT2D eigenvalue weighted by Gasteiger charge is -2.00. The third kappa shape index (κ3) is 6.03. The molecule has 0 aliphatic heterocycles. The number of unbranched alkanes of at least 4 members (excludes halogenated alkanes) is 7. The second kappa shape index (κ2) is 11.7. The summed E-state index contributed by atoms with van der Waals surface area (Å²) in [5.41, 5.74) is 2.22. The molecular formula is C24H30O2S3. The van der Waals surface area contributed by atoms with E-state index in [1.54, 1.807) is 29.8 Å². The van der Waals surface area contributed by atoms with Gasteiger partial charge in [0.1, 0.15) is 0 Å². The van der Waals surface area contributed by atoms with E-state index in [-0.39, 0.29) is 0 Å². The predicted octanol–water partition coefficient (Wildman–Crippen LogP) is 8.71. The summed E-state index contributed by atoms with van der Waals surface area (Å²) in [6, 6.07) is 8.60. The molecule has 0 amide bonds. The lowest BCUT2D eigenvalue weighted by molar-refractivity contribution is 0.112. The second-order valence-electron chi connectivity index (χ2n) is 7.32. The maximum absolute atomic E-state index is 11.3. The molecule has 0 saturated carbocycles. The Kier molecular flexibility index (Phi) is 8.96. The van der Waals surface area contributed by atoms with Crippen LogP contribution in [-0.4, -0.2) is 13.4 Å². The Hall–Kier alpha value is -1.43. The maximum Gasteiger partial charge on any atom is 0.182 e. The molecule has 29 heavy (non-hydrogen) atoms. The van der Waals surface area contributed by atoms with Crippen molar-refractivity contribution in [2.75, 3.05) is 7.11 Å². The minimum Gasteiger partial charge on any atom is -0.487 e. The van der Waals surface area contributed by atoms with Gasteiger partial charge in [0.15, 0.2) is 11.3 Å². The molecule has 0 unspecified atom stereocenters. The number of carbonyl (C=O) groups excluding carboxylic acids is 1. The first-order valence-corrected chi connectivity index (χ1v) is 13.1. The molecule has 0 aliphatic rings. The van der Waals surface area contributed by atoms with Crippen LogP contribution in [0.3, 0.4) is 0 Å². The van der Waals surface area contributed by atoms with E-state index in [0.29, 0.717) is 0 Å². The van der Waals surface area contributed by atoms with E-state index in [1.807, 2.05) is 11.4 Å². The van der Waals surface area contributed by atoms with Crippen LogP contribution in [0.15, 0.2) is 29.6 Å². The first-order valence-electron chi connectivity index (χ1n) is 10.6. The Morgan fingerprint density at radius 2 is 1.59 bits per heavy atom. The van der Waals surface area contributed by atoms with Gasteiger partial charge in [-0.15, -0.1) is 34.0 Å². The van der Waals surface area contributed by atoms with Gasteiger partial charge in [-0.25, -0.2) is 0 Å². The van der Waals surface area contributed by atoms with Crippen LogP contribution in [0.5, 0.6) is 5.06 Å². The van der Waals surface area contributed by atoms with Gasteiger partial charge in [-0.05, 0) is 42.5 Å². The number of aryl methyl sites for hydroxylation is 1. The van der Waals surface area contributed by atoms with Gasteiger partial charge in [-0.2, -0.15) is 0 Å². The largest absolute Gasteiger partial charge is 0.487 e. The van der Waals surface area contributed by atoms with Gasteiger partial charge in [0.25, 0.3) is 0 Å². The summed E-state index contributed by atoms with van der Waals surface area (Å²) >= 11 is 5.00. The summed E-state index contributed by atoms with van der Waals surface area (Å²) in [5, 5.41) is 2.97. The number of ether oxygens (including phenoxy) is 1. The fraction of sp³-hybridized carbons (Fsp3) is 0.458. The zero-order valence-corrected chi connectivity index (χ0v) is 19.8. The molecule has 3 heterocycles. The summed E-state index contributed by atoms with van der Waals surface area (Å²) in [4.78, 5) is 15.8. The minimum atomic E-state index is 0.797. The van der Waals surface area contributed by atoms with Gasteiger partial charge in [-0.1, -0.05) is 51.9 Å². The molecule has 0 bridgehead atoms. The zero-order valence-electron chi connectivity index (χ0n) is 17.4. The normalized spacial score (nSPS) is 11.1. The number of rotatable bonds is 13. The van der Waals surface area contributed by atoms with Crippen molar-refractivity contribution in [1.82, 2.24) is 0 Å². The summed E-state index contributed by atoms with van der Waals surface area (Å²) in [5.74, 6) is 0. The molecule has 156 valence electrons. The standard InChI is InChI=1S/C24H30O2S3/c1-3-4-5-6-7-8-9-10-11-18-16-20(24(26-2)28-18)22-13-12-21(29-22)19-14-15-27-23(19)17-25/h12-17H,3-11H2,1-2H3. The van der Waals surface area contributed by atoms with Crippen LogP contribution in [0.4, 0.5) is 0 Å². The smallest absolute Gasteiger partial charge is 0.182 e. The average molecular weight is 447 g/mol. The van der Waals surface area contributed by atoms with Crippen LogP contribution in [0.2, 0.25) is 0 Å². The monoisotopic (exact) mass is 446 g/mol. The molecule has 3 aromatic heterocycles. The number of thiophene rings is 3. The van der Waals surface area contributed by atoms with Crippen LogP contribution in [-0.2, 0) is 6.42 Å². The van der Waals surface area contributed by atoms with Crippen molar-refractivity contribution in [3.63, 3.8) is 0 Å². The molecule has 0 atom stereocenters. The third-order valence-electron chi connectivity index (χ3n) is 5.15. The Bertz CT molecular complexity index is 888. The fourth-order valence-electron chi connectivity index (χ4n) is 3.55. The summed E-state index contributed by atoms with van der Waals surface area (Å²) in [7, 11) is 1.76. The van der Waals surface area contributed by atoms with E-state index in [2.05, 4.69) is 25.1 Å². The number of methoxy groups -OCH3 is 1. The van der Waals surface area contributed by atoms with Crippen molar-refractivity contribution in [1.29, 1.82) is 0 Å². The summed E-state index contributed by atoms with van der Waals surface area (Å²) in [6.45, 7) is 2.27. The molecule has 2 nitrogen and oxygen atoms in total. The van der Waals surface area contributed by atoms with Gasteiger partial charge in [0.05, 0.1) is 12.0 Å². The lowest BCUT2D eigenvalue weighted by atomic mass is 10.1. The van der Waals surface area contributed by atoms with Gasteiger partial charge in [0.2, 0.25) is 0 Å². The van der Waals surface area contributed by atoms with E-state index < -0.39 is 0 Å². The fourth-order valence-corrected chi connectivity index (χ4v) is 6.47. The van der Waals surface area contributed by atoms with Gasteiger partial charge in [0, 0.05) is 25.8 Å². The molecule has 0 saturated heterocycles. The number of hydrogen-bond donors (Lipinski definition) is 0. The molecule has 0 aliphatic carbocycles. The van der Waals surface area contributed by atoms with E-state index in [0.717, 1.165) is 33.1 Å². The van der Waals surface area contributed by atoms with Gasteiger partial charge in [-0.3, -0.25) is 4.79 Å². The number of carbonyl (C=O) groups is 1. The summed E-state index contributed by atoms with van der Waals surface area (Å²) in [6.07, 6.45) is 12.9. The van der Waals surface area contributed by atoms with Crippen molar-refractivity contribution in [2.45, 2.75) is 64.7 Å². The molecule has 3 aromatic rings. The summed E-state index contributed by atoms with van der Waals surface area (Å²) < 4.78 is 5.68. The van der Waals surface area contributed by atoms with Crippen molar-refractivity contribution in [2.24, 2.45) is 0 Å². The van der Waals surface area contributed by atoms with Gasteiger partial charge >= 0.3 is 0 Å². The number of hydrogen-bond acceptors (Lipinski definition) is 5. The minimum absolute atomic E-state index is 0.797. The topological polar surface area (TPSA) is 26.3 Å². The maximum atomic E-state index is 11.3. The average Bonchev–Trinajstić information content (AvgIpc) is 3.48. The quantitative estimate of drug-likeness (QED) is 0.194. The van der Waals surface area contributed by atoms with Gasteiger partial charge < -0.3 is 4.74 Å². The van der Waals surface area contributed by atoms with Crippen LogP contribution >= 0.6 is 34.0 Å². The Labute approximate surface area is 186 Å². The molecule has 0 radical (unpaired) electrons. The van der Waals surface area contributed by atoms with E-state index in [1.165, 1.54) is 78.0 Å². The molecule has 0 N–H and O–H groups in total. The van der Waals surface area contributed by atoms with Crippen LogP contribution in [0.25, 0.3) is 20.9 Å². The molecule has 0 fully saturated rings. The molecule has 0 spiro atoms. The van der Waals surface area contributed by atoms with Crippen LogP contribution in [0.1, 0.15) is 72.8 Å². The van der Waals surface area contributed by atoms with Crippen LogP contribution < -0.4 is 4.74 Å². The number of aldehydes is 1. The Morgan fingerprint density at radius 3 is 2.28 bits per heavy atom. The van der Waals surface area contributed by atoms with Crippen molar-refractivity contribution < 1.29 is 9.53 Å². The van der Waals surface area contributed by atoms with Crippen molar-refractivity contribution in [3.05, 3.63) is 39.4 Å². The first-order chi connectivity index (χ1) is 14.3. The zero-order chi connectivity index (χ0) is 20.5. The lowest BCUT2D eigenvalue weighted by Crippen LogP contribution is -1.83. The second-order valence-corrected chi connectivity index (χ2v) is 10.5. The van der Waals surface area contributed by atoms with Crippen molar-refractivity contribution >= 4 is 40.3 Å². The van der Waals surface area contributed by atoms with E-state index in [9.17, 15) is 4.79 Å². The first kappa shape index (κ1) is 22.3. The highest BCUT2D eigenvalue weighted by atomic mass is 32.1. The Morgan fingerprint density at radius 1 is 0.897 bits per heavy atom. The van der Waals surface area contributed by atoms with Crippen LogP contribution in [0, 0.1) is 0 Å². The SMILES string of the molecule is CCCCCCCCCCc1cc(-c2ccc(-c3ccsc3C=O)s2)c(OC)s1. The van der Waals surface area contributed by atoms with E-state index in [4.69, 9.17) is 4.74 Å².